The first-order chi connectivity index (χ1) is 9.47. The molecule has 6 heteroatoms. The monoisotopic (exact) mass is 296 g/mol. The first-order valence-corrected chi connectivity index (χ1v) is 6.16. The summed E-state index contributed by atoms with van der Waals surface area (Å²) >= 11 is 5.79. The Bertz CT molecular complexity index is 649. The van der Waals surface area contributed by atoms with Crippen molar-refractivity contribution in [3.05, 3.63) is 64.4 Å². The molecule has 1 aromatic carbocycles. The summed E-state index contributed by atoms with van der Waals surface area (Å²) in [6.07, 6.45) is 1.43. The second-order valence-electron chi connectivity index (χ2n) is 4.27. The first kappa shape index (κ1) is 14.4. The van der Waals surface area contributed by atoms with Gasteiger partial charge in [0.05, 0.1) is 0 Å². The third-order valence-electron chi connectivity index (χ3n) is 2.69. The van der Waals surface area contributed by atoms with Gasteiger partial charge in [0.15, 0.2) is 11.6 Å². The van der Waals surface area contributed by atoms with Crippen LogP contribution in [0.15, 0.2) is 36.5 Å². The summed E-state index contributed by atoms with van der Waals surface area (Å²) in [6.45, 7) is 0.143. The number of carbonyl (C=O) groups is 1. The summed E-state index contributed by atoms with van der Waals surface area (Å²) in [4.78, 5) is 17.4. The van der Waals surface area contributed by atoms with E-state index in [4.69, 9.17) is 11.6 Å². The van der Waals surface area contributed by atoms with Gasteiger partial charge in [-0.2, -0.15) is 0 Å². The number of hydrogen-bond donors (Lipinski definition) is 0. The second kappa shape index (κ2) is 5.96. The fourth-order valence-corrected chi connectivity index (χ4v) is 1.86. The number of benzene rings is 1. The lowest BCUT2D eigenvalue weighted by molar-refractivity contribution is 0.0779. The van der Waals surface area contributed by atoms with Crippen molar-refractivity contribution < 1.29 is 13.6 Å². The van der Waals surface area contributed by atoms with E-state index >= 15 is 0 Å². The Balaban J connectivity index is 2.13. The zero-order valence-corrected chi connectivity index (χ0v) is 11.4. The minimum Gasteiger partial charge on any atom is -0.336 e. The molecule has 0 atom stereocenters. The molecule has 104 valence electrons. The van der Waals surface area contributed by atoms with Crippen LogP contribution in [0.5, 0.6) is 0 Å². The smallest absolute Gasteiger partial charge is 0.272 e. The molecule has 0 radical (unpaired) electrons. The molecular weight excluding hydrogens is 286 g/mol. The molecule has 1 heterocycles. The fourth-order valence-electron chi connectivity index (χ4n) is 1.70. The molecule has 1 aromatic heterocycles. The average Bonchev–Trinajstić information content (AvgIpc) is 2.42. The standard InChI is InChI=1S/C14H11ClF2N2O/c1-19(8-9-2-3-11(16)12(17)6-9)14(20)13-7-10(15)4-5-18-13/h2-7H,8H2,1H3. The second-order valence-corrected chi connectivity index (χ2v) is 4.71. The van der Waals surface area contributed by atoms with E-state index in [-0.39, 0.29) is 18.1 Å². The van der Waals surface area contributed by atoms with Crippen molar-refractivity contribution in [1.82, 2.24) is 9.88 Å². The number of rotatable bonds is 3. The summed E-state index contributed by atoms with van der Waals surface area (Å²) < 4.78 is 25.9. The molecule has 0 aliphatic heterocycles. The lowest BCUT2D eigenvalue weighted by Crippen LogP contribution is -2.27. The Kier molecular flexibility index (Phi) is 4.29. The van der Waals surface area contributed by atoms with Gasteiger partial charge in [-0.15, -0.1) is 0 Å². The molecule has 2 aromatic rings. The van der Waals surface area contributed by atoms with Gasteiger partial charge in [0.2, 0.25) is 0 Å². The quantitative estimate of drug-likeness (QED) is 0.871. The maximum absolute atomic E-state index is 13.1. The van der Waals surface area contributed by atoms with Crippen LogP contribution in [0.4, 0.5) is 8.78 Å². The minimum absolute atomic E-state index is 0.143. The number of nitrogens with zero attached hydrogens (tertiary/aromatic N) is 2. The van der Waals surface area contributed by atoms with Gasteiger partial charge in [0.1, 0.15) is 5.69 Å². The molecule has 0 unspecified atom stereocenters. The molecular formula is C14H11ClF2N2O. The zero-order valence-electron chi connectivity index (χ0n) is 10.6. The van der Waals surface area contributed by atoms with Gasteiger partial charge in [-0.1, -0.05) is 17.7 Å². The normalized spacial score (nSPS) is 10.4. The Morgan fingerprint density at radius 2 is 2.00 bits per heavy atom. The summed E-state index contributed by atoms with van der Waals surface area (Å²) in [5, 5.41) is 0.407. The average molecular weight is 297 g/mol. The highest BCUT2D eigenvalue weighted by molar-refractivity contribution is 6.30. The predicted octanol–water partition coefficient (Wildman–Crippen LogP) is 3.29. The summed E-state index contributed by atoms with van der Waals surface area (Å²) in [5.41, 5.74) is 0.685. The Morgan fingerprint density at radius 3 is 2.65 bits per heavy atom. The van der Waals surface area contributed by atoms with Gasteiger partial charge in [-0.3, -0.25) is 9.78 Å². The number of amides is 1. The van der Waals surface area contributed by atoms with Crippen LogP contribution in [0.3, 0.4) is 0 Å². The van der Waals surface area contributed by atoms with Crippen molar-refractivity contribution >= 4 is 17.5 Å². The van der Waals surface area contributed by atoms with Gasteiger partial charge < -0.3 is 4.90 Å². The minimum atomic E-state index is -0.941. The third-order valence-corrected chi connectivity index (χ3v) is 2.93. The van der Waals surface area contributed by atoms with Gasteiger partial charge >= 0.3 is 0 Å². The highest BCUT2D eigenvalue weighted by atomic mass is 35.5. The van der Waals surface area contributed by atoms with Crippen molar-refractivity contribution in [3.63, 3.8) is 0 Å². The van der Waals surface area contributed by atoms with Crippen molar-refractivity contribution in [1.29, 1.82) is 0 Å². The van der Waals surface area contributed by atoms with E-state index in [9.17, 15) is 13.6 Å². The largest absolute Gasteiger partial charge is 0.336 e. The molecule has 0 bridgehead atoms. The van der Waals surface area contributed by atoms with E-state index in [1.165, 1.54) is 23.2 Å². The summed E-state index contributed by atoms with van der Waals surface area (Å²) in [6, 6.07) is 6.53. The molecule has 0 aliphatic rings. The molecule has 0 saturated heterocycles. The van der Waals surface area contributed by atoms with Crippen LogP contribution in [0, 0.1) is 11.6 Å². The van der Waals surface area contributed by atoms with Gasteiger partial charge in [0, 0.05) is 24.8 Å². The molecule has 0 aliphatic carbocycles. The predicted molar refractivity (Wildman–Crippen MR) is 71.4 cm³/mol. The number of halogens is 3. The van der Waals surface area contributed by atoms with Crippen molar-refractivity contribution in [3.8, 4) is 0 Å². The lowest BCUT2D eigenvalue weighted by Gasteiger charge is -2.17. The molecule has 2 rings (SSSR count). The van der Waals surface area contributed by atoms with E-state index in [0.29, 0.717) is 10.6 Å². The molecule has 0 N–H and O–H groups in total. The van der Waals surface area contributed by atoms with Crippen LogP contribution in [0.1, 0.15) is 16.1 Å². The lowest BCUT2D eigenvalue weighted by atomic mass is 10.2. The number of carbonyl (C=O) groups excluding carboxylic acids is 1. The first-order valence-electron chi connectivity index (χ1n) is 5.78. The number of aromatic nitrogens is 1. The molecule has 0 fully saturated rings. The maximum atomic E-state index is 13.1. The maximum Gasteiger partial charge on any atom is 0.272 e. The third kappa shape index (κ3) is 3.30. The number of pyridine rings is 1. The zero-order chi connectivity index (χ0) is 14.7. The SMILES string of the molecule is CN(Cc1ccc(F)c(F)c1)C(=O)c1cc(Cl)ccn1. The Hall–Kier alpha value is -2.01. The van der Waals surface area contributed by atoms with E-state index in [1.54, 1.807) is 13.1 Å². The summed E-state index contributed by atoms with van der Waals surface area (Å²) in [5.74, 6) is -2.21. The van der Waals surface area contributed by atoms with Gasteiger partial charge in [-0.25, -0.2) is 8.78 Å². The Labute approximate surface area is 119 Å². The molecule has 0 saturated carbocycles. The van der Waals surface area contributed by atoms with Crippen molar-refractivity contribution in [2.75, 3.05) is 7.05 Å². The molecule has 20 heavy (non-hydrogen) atoms. The molecule has 3 nitrogen and oxygen atoms in total. The van der Waals surface area contributed by atoms with Crippen LogP contribution in [-0.4, -0.2) is 22.8 Å². The van der Waals surface area contributed by atoms with Crippen LogP contribution in [-0.2, 0) is 6.54 Å². The van der Waals surface area contributed by atoms with E-state index in [2.05, 4.69) is 4.98 Å². The highest BCUT2D eigenvalue weighted by Crippen LogP contribution is 2.13. The highest BCUT2D eigenvalue weighted by Gasteiger charge is 2.14. The topological polar surface area (TPSA) is 33.2 Å². The number of hydrogen-bond acceptors (Lipinski definition) is 2. The van der Waals surface area contributed by atoms with Crippen LogP contribution in [0.2, 0.25) is 5.02 Å². The fraction of sp³-hybridized carbons (Fsp3) is 0.143. The molecule has 1 amide bonds. The van der Waals surface area contributed by atoms with Crippen LogP contribution >= 0.6 is 11.6 Å². The molecule has 0 spiro atoms. The van der Waals surface area contributed by atoms with Gasteiger partial charge in [0.25, 0.3) is 5.91 Å². The van der Waals surface area contributed by atoms with Gasteiger partial charge in [-0.05, 0) is 29.8 Å². The van der Waals surface area contributed by atoms with Crippen molar-refractivity contribution in [2.24, 2.45) is 0 Å². The van der Waals surface area contributed by atoms with E-state index < -0.39 is 11.6 Å². The van der Waals surface area contributed by atoms with Crippen LogP contribution < -0.4 is 0 Å². The van der Waals surface area contributed by atoms with Crippen LogP contribution in [0.25, 0.3) is 0 Å². The van der Waals surface area contributed by atoms with E-state index in [1.807, 2.05) is 0 Å². The summed E-state index contributed by atoms with van der Waals surface area (Å²) in [7, 11) is 1.55. The Morgan fingerprint density at radius 1 is 1.25 bits per heavy atom. The van der Waals surface area contributed by atoms with E-state index in [0.717, 1.165) is 12.1 Å². The van der Waals surface area contributed by atoms with Crippen molar-refractivity contribution in [2.45, 2.75) is 6.54 Å².